The number of benzene rings is 1. The number of ether oxygens (including phenoxy) is 1. The lowest BCUT2D eigenvalue weighted by Crippen LogP contribution is -2.30. The predicted octanol–water partition coefficient (Wildman–Crippen LogP) is 5.22. The summed E-state index contributed by atoms with van der Waals surface area (Å²) in [6.07, 6.45) is 15.7. The molecule has 2 fully saturated rings. The molecule has 3 aliphatic rings. The fourth-order valence-electron chi connectivity index (χ4n) is 5.96. The third-order valence-corrected chi connectivity index (χ3v) is 7.77. The number of hydrogen-bond donors (Lipinski definition) is 2. The van der Waals surface area contributed by atoms with Crippen molar-refractivity contribution in [2.75, 3.05) is 19.6 Å². The smallest absolute Gasteiger partial charge is 0.126 e. The van der Waals surface area contributed by atoms with Gasteiger partial charge in [-0.15, -0.1) is 0 Å². The van der Waals surface area contributed by atoms with Crippen molar-refractivity contribution in [2.45, 2.75) is 102 Å². The fourth-order valence-corrected chi connectivity index (χ4v) is 5.96. The minimum atomic E-state index is -0.416. The highest BCUT2D eigenvalue weighted by Crippen LogP contribution is 2.52. The summed E-state index contributed by atoms with van der Waals surface area (Å²) in [6, 6.07) is 6.57. The second-order valence-corrected chi connectivity index (χ2v) is 10.2. The molecule has 5 atom stereocenters. The van der Waals surface area contributed by atoms with Gasteiger partial charge in [-0.3, -0.25) is 0 Å². The molecule has 1 saturated carbocycles. The second kappa shape index (κ2) is 11.7. The minimum Gasteiger partial charge on any atom is -0.489 e. The van der Waals surface area contributed by atoms with Gasteiger partial charge in [-0.2, -0.15) is 0 Å². The number of rotatable bonds is 11. The quantitative estimate of drug-likeness (QED) is 0.365. The third kappa shape index (κ3) is 5.76. The zero-order valence-electron chi connectivity index (χ0n) is 19.9. The molecule has 0 spiro atoms. The number of unbranched alkanes of at least 4 members (excludes halogenated alkanes) is 3. The first kappa shape index (κ1) is 23.8. The molecule has 1 aliphatic carbocycles. The Morgan fingerprint density at radius 2 is 1.97 bits per heavy atom. The topological polar surface area (TPSA) is 52.9 Å². The molecule has 1 saturated heterocycles. The van der Waals surface area contributed by atoms with E-state index in [2.05, 4.69) is 36.1 Å². The van der Waals surface area contributed by atoms with Gasteiger partial charge >= 0.3 is 0 Å². The molecule has 0 unspecified atom stereocenters. The SMILES string of the molecule is CCCCC[C@H](O)/C=C/[C@@H]1[C@H]2c3cccc(CCCCN4CCCCC4)c3O[C@H]2C[C@H]1O. The summed E-state index contributed by atoms with van der Waals surface area (Å²) in [6.45, 7) is 5.95. The fraction of sp³-hybridized carbons (Fsp3) is 0.714. The summed E-state index contributed by atoms with van der Waals surface area (Å²) >= 11 is 0. The van der Waals surface area contributed by atoms with Gasteiger partial charge in [-0.25, -0.2) is 0 Å². The van der Waals surface area contributed by atoms with Gasteiger partial charge in [0.15, 0.2) is 0 Å². The number of piperidine rings is 1. The van der Waals surface area contributed by atoms with Gasteiger partial charge in [0.05, 0.1) is 12.2 Å². The zero-order valence-corrected chi connectivity index (χ0v) is 19.9. The van der Waals surface area contributed by atoms with Gasteiger partial charge in [0.2, 0.25) is 0 Å². The van der Waals surface area contributed by atoms with Crippen LogP contribution in [0.3, 0.4) is 0 Å². The van der Waals surface area contributed by atoms with Crippen LogP contribution in [-0.4, -0.2) is 53.1 Å². The van der Waals surface area contributed by atoms with E-state index in [0.29, 0.717) is 6.42 Å². The van der Waals surface area contributed by atoms with Crippen molar-refractivity contribution in [2.24, 2.45) is 5.92 Å². The molecule has 1 aromatic rings. The first-order valence-electron chi connectivity index (χ1n) is 13.2. The molecule has 1 aromatic carbocycles. The molecular formula is C28H43NO3. The van der Waals surface area contributed by atoms with Crippen molar-refractivity contribution >= 4 is 0 Å². The Bertz CT molecular complexity index is 742. The second-order valence-electron chi connectivity index (χ2n) is 10.2. The molecule has 2 N–H and O–H groups in total. The normalized spacial score (nSPS) is 28.6. The summed E-state index contributed by atoms with van der Waals surface area (Å²) in [5, 5.41) is 21.0. The molecular weight excluding hydrogens is 398 g/mol. The van der Waals surface area contributed by atoms with E-state index in [-0.39, 0.29) is 17.9 Å². The van der Waals surface area contributed by atoms with Crippen LogP contribution in [0.25, 0.3) is 0 Å². The van der Waals surface area contributed by atoms with E-state index in [1.54, 1.807) is 0 Å². The number of aliphatic hydroxyl groups is 2. The van der Waals surface area contributed by atoms with Gasteiger partial charge in [0.1, 0.15) is 11.9 Å². The molecule has 0 aromatic heterocycles. The van der Waals surface area contributed by atoms with Crippen molar-refractivity contribution in [3.05, 3.63) is 41.5 Å². The zero-order chi connectivity index (χ0) is 22.3. The van der Waals surface area contributed by atoms with Crippen molar-refractivity contribution in [1.29, 1.82) is 0 Å². The molecule has 4 nitrogen and oxygen atoms in total. The van der Waals surface area contributed by atoms with Crippen LogP contribution in [0, 0.1) is 5.92 Å². The highest BCUT2D eigenvalue weighted by molar-refractivity contribution is 5.49. The highest BCUT2D eigenvalue weighted by atomic mass is 16.5. The molecule has 0 bridgehead atoms. The Hall–Kier alpha value is -1.36. The van der Waals surface area contributed by atoms with Crippen LogP contribution in [0.4, 0.5) is 0 Å². The van der Waals surface area contributed by atoms with Crippen LogP contribution >= 0.6 is 0 Å². The summed E-state index contributed by atoms with van der Waals surface area (Å²) < 4.78 is 6.43. The maximum Gasteiger partial charge on any atom is 0.126 e. The van der Waals surface area contributed by atoms with Gasteiger partial charge in [-0.05, 0) is 63.7 Å². The number of nitrogens with zero attached hydrogens (tertiary/aromatic N) is 1. The predicted molar refractivity (Wildman–Crippen MR) is 130 cm³/mol. The Morgan fingerprint density at radius 3 is 2.78 bits per heavy atom. The van der Waals surface area contributed by atoms with E-state index in [4.69, 9.17) is 4.74 Å². The van der Waals surface area contributed by atoms with Crippen LogP contribution in [0.1, 0.15) is 88.2 Å². The van der Waals surface area contributed by atoms with E-state index >= 15 is 0 Å². The number of fused-ring (bicyclic) bond motifs is 3. The maximum absolute atomic E-state index is 10.7. The average molecular weight is 442 g/mol. The van der Waals surface area contributed by atoms with Crippen molar-refractivity contribution < 1.29 is 14.9 Å². The van der Waals surface area contributed by atoms with E-state index in [0.717, 1.165) is 37.9 Å². The first-order valence-corrected chi connectivity index (χ1v) is 13.2. The van der Waals surface area contributed by atoms with Crippen molar-refractivity contribution in [3.63, 3.8) is 0 Å². The lowest BCUT2D eigenvalue weighted by Gasteiger charge is -2.26. The molecule has 2 heterocycles. The Balaban J connectivity index is 1.35. The number of para-hydroxylation sites is 1. The minimum absolute atomic E-state index is 0.0245. The van der Waals surface area contributed by atoms with Crippen molar-refractivity contribution in [1.82, 2.24) is 4.90 Å². The Labute approximate surface area is 194 Å². The molecule has 178 valence electrons. The van der Waals surface area contributed by atoms with Crippen LogP contribution < -0.4 is 4.74 Å². The number of aliphatic hydroxyl groups excluding tert-OH is 2. The molecule has 0 amide bonds. The largest absolute Gasteiger partial charge is 0.489 e. The first-order chi connectivity index (χ1) is 15.7. The standard InChI is InChI=1S/C28H43NO3/c1-2-3-5-13-22(30)15-16-23-25(31)20-26-27(23)24-14-10-12-21(28(24)32-26)11-6-9-19-29-17-7-4-8-18-29/h10,12,14-16,22-23,25-27,30-31H,2-9,11,13,17-20H2,1H3/b16-15+/t22-,23-,25+,26-,27-/m0/s1. The lowest BCUT2D eigenvalue weighted by molar-refractivity contribution is 0.135. The number of likely N-dealkylation sites (tertiary alicyclic amines) is 1. The van der Waals surface area contributed by atoms with Crippen LogP contribution in [0.2, 0.25) is 0 Å². The van der Waals surface area contributed by atoms with Gasteiger partial charge < -0.3 is 19.8 Å². The maximum atomic E-state index is 10.7. The van der Waals surface area contributed by atoms with Gasteiger partial charge in [-0.1, -0.05) is 63.0 Å². The molecule has 4 heteroatoms. The van der Waals surface area contributed by atoms with Gasteiger partial charge in [0, 0.05) is 23.8 Å². The molecule has 32 heavy (non-hydrogen) atoms. The third-order valence-electron chi connectivity index (χ3n) is 7.77. The van der Waals surface area contributed by atoms with Crippen LogP contribution in [-0.2, 0) is 6.42 Å². The average Bonchev–Trinajstić information content (AvgIpc) is 3.31. The Kier molecular flexibility index (Phi) is 8.68. The van der Waals surface area contributed by atoms with E-state index in [9.17, 15) is 10.2 Å². The number of aryl methyl sites for hydroxylation is 1. The highest BCUT2D eigenvalue weighted by Gasteiger charge is 2.48. The van der Waals surface area contributed by atoms with Gasteiger partial charge in [0.25, 0.3) is 0 Å². The molecule has 2 aliphatic heterocycles. The van der Waals surface area contributed by atoms with Crippen LogP contribution in [0.15, 0.2) is 30.4 Å². The molecule has 0 radical (unpaired) electrons. The summed E-state index contributed by atoms with van der Waals surface area (Å²) in [5.74, 6) is 1.30. The summed E-state index contributed by atoms with van der Waals surface area (Å²) in [7, 11) is 0. The van der Waals surface area contributed by atoms with E-state index in [1.165, 1.54) is 62.9 Å². The van der Waals surface area contributed by atoms with E-state index in [1.807, 2.05) is 6.08 Å². The summed E-state index contributed by atoms with van der Waals surface area (Å²) in [4.78, 5) is 2.62. The monoisotopic (exact) mass is 441 g/mol. The Morgan fingerprint density at radius 1 is 1.12 bits per heavy atom. The lowest BCUT2D eigenvalue weighted by atomic mass is 9.86. The van der Waals surface area contributed by atoms with Crippen molar-refractivity contribution in [3.8, 4) is 5.75 Å². The van der Waals surface area contributed by atoms with Crippen LogP contribution in [0.5, 0.6) is 5.75 Å². The summed E-state index contributed by atoms with van der Waals surface area (Å²) in [5.41, 5.74) is 2.59. The molecule has 4 rings (SSSR count). The number of hydrogen-bond acceptors (Lipinski definition) is 4. The van der Waals surface area contributed by atoms with E-state index < -0.39 is 12.2 Å².